The predicted octanol–water partition coefficient (Wildman–Crippen LogP) is 4.21. The average Bonchev–Trinajstić information content (AvgIpc) is 2.84. The molecule has 0 aliphatic carbocycles. The molecule has 0 fully saturated rings. The van der Waals surface area contributed by atoms with Gasteiger partial charge < -0.3 is 24.9 Å². The number of carbonyl (C=O) groups is 1. The Morgan fingerprint density at radius 2 is 1.71 bits per heavy atom. The van der Waals surface area contributed by atoms with E-state index >= 15 is 0 Å². The van der Waals surface area contributed by atoms with Gasteiger partial charge in [0, 0.05) is 18.0 Å². The first-order chi connectivity index (χ1) is 16.8. The highest BCUT2D eigenvalue weighted by molar-refractivity contribution is 6.04. The summed E-state index contributed by atoms with van der Waals surface area (Å²) in [7, 11) is 3.07. The fourth-order valence-electron chi connectivity index (χ4n) is 3.69. The summed E-state index contributed by atoms with van der Waals surface area (Å²) < 4.78 is 11.1. The number of amides is 1. The van der Waals surface area contributed by atoms with Gasteiger partial charge >= 0.3 is 0 Å². The number of nitrogens with zero attached hydrogens (tertiary/aromatic N) is 2. The first-order valence-corrected chi connectivity index (χ1v) is 11.8. The zero-order chi connectivity index (χ0) is 26.0. The summed E-state index contributed by atoms with van der Waals surface area (Å²) in [5.41, 5.74) is 1.78. The average molecular weight is 485 g/mol. The minimum atomic E-state index is -0.471. The molecule has 0 radical (unpaired) electrons. The number of aromatic amines is 1. The van der Waals surface area contributed by atoms with Crippen molar-refractivity contribution < 1.29 is 19.4 Å². The Morgan fingerprint density at radius 3 is 2.29 bits per heavy atom. The van der Waals surface area contributed by atoms with Crippen LogP contribution in [0.3, 0.4) is 0 Å². The van der Waals surface area contributed by atoms with Gasteiger partial charge in [0.25, 0.3) is 5.56 Å². The largest absolute Gasteiger partial charge is 0.506 e. The van der Waals surface area contributed by atoms with Gasteiger partial charge in [0.15, 0.2) is 0 Å². The fourth-order valence-corrected chi connectivity index (χ4v) is 3.69. The molecule has 0 spiro atoms. The van der Waals surface area contributed by atoms with Crippen molar-refractivity contribution in [3.8, 4) is 28.4 Å². The second-order valence-corrected chi connectivity index (χ2v) is 8.22. The molecule has 0 saturated heterocycles. The van der Waals surface area contributed by atoms with Crippen LogP contribution in [-0.4, -0.2) is 48.2 Å². The number of hydrogen-bond donors (Lipinski definition) is 3. The molecule has 1 aromatic carbocycles. The quantitative estimate of drug-likeness (QED) is 0.307. The Labute approximate surface area is 206 Å². The number of hydrogen-bond acceptors (Lipinski definition) is 7. The van der Waals surface area contributed by atoms with E-state index in [-0.39, 0.29) is 29.4 Å². The molecule has 0 bridgehead atoms. The molecule has 0 saturated carbocycles. The van der Waals surface area contributed by atoms with Gasteiger partial charge in [-0.15, -0.1) is 0 Å². The number of ether oxygens (including phenoxy) is 2. The molecule has 0 unspecified atom stereocenters. The third-order valence-electron chi connectivity index (χ3n) is 5.45. The molecular weight excluding hydrogens is 448 g/mol. The molecule has 190 valence electrons. The highest BCUT2D eigenvalue weighted by atomic mass is 16.5. The fraction of sp³-hybridized carbons (Fsp3) is 0.462. The van der Waals surface area contributed by atoms with Crippen LogP contribution in [0.1, 0.15) is 64.6 Å². The number of nitrogens with one attached hydrogen (secondary N) is 2. The molecule has 2 aromatic rings. The number of H-pyrrole nitrogens is 1. The number of pyridine rings is 1. The van der Waals surface area contributed by atoms with Gasteiger partial charge in [-0.05, 0) is 45.2 Å². The number of aryl methyl sites for hydroxylation is 1. The maximum absolute atomic E-state index is 13.0. The Bertz CT molecular complexity index is 1130. The van der Waals surface area contributed by atoms with Crippen LogP contribution in [0.5, 0.6) is 17.2 Å². The normalized spacial score (nSPS) is 11.9. The van der Waals surface area contributed by atoms with E-state index in [9.17, 15) is 14.7 Å². The van der Waals surface area contributed by atoms with Crippen LogP contribution in [0.25, 0.3) is 11.1 Å². The van der Waals surface area contributed by atoms with E-state index in [1.165, 1.54) is 14.2 Å². The molecule has 1 aromatic heterocycles. The van der Waals surface area contributed by atoms with E-state index in [0.717, 1.165) is 19.3 Å². The zero-order valence-electron chi connectivity index (χ0n) is 21.4. The van der Waals surface area contributed by atoms with Gasteiger partial charge in [-0.3, -0.25) is 9.59 Å². The minimum absolute atomic E-state index is 0.000178. The molecule has 3 N–H and O–H groups in total. The first-order valence-electron chi connectivity index (χ1n) is 11.8. The summed E-state index contributed by atoms with van der Waals surface area (Å²) in [6.45, 7) is 7.90. The second-order valence-electron chi connectivity index (χ2n) is 8.22. The Balaban J connectivity index is 2.64. The van der Waals surface area contributed by atoms with Crippen molar-refractivity contribution in [1.29, 1.82) is 0 Å². The summed E-state index contributed by atoms with van der Waals surface area (Å²) >= 11 is 0. The van der Waals surface area contributed by atoms with Gasteiger partial charge in [-0.2, -0.15) is 10.2 Å². The minimum Gasteiger partial charge on any atom is -0.506 e. The maximum Gasteiger partial charge on any atom is 0.261 e. The maximum atomic E-state index is 13.0. The number of aromatic nitrogens is 1. The number of rotatable bonds is 12. The van der Waals surface area contributed by atoms with Crippen molar-refractivity contribution in [2.75, 3.05) is 20.8 Å². The number of benzene rings is 1. The number of carbonyl (C=O) groups excluding carboxylic acids is 1. The Morgan fingerprint density at radius 1 is 1.06 bits per heavy atom. The summed E-state index contributed by atoms with van der Waals surface area (Å²) in [5.74, 6) is 0.624. The highest BCUT2D eigenvalue weighted by Gasteiger charge is 2.25. The number of aromatic hydroxyl groups is 1. The number of unbranched alkanes of at least 4 members (excludes halogenated alkanes) is 1. The van der Waals surface area contributed by atoms with E-state index in [2.05, 4.69) is 27.4 Å². The van der Waals surface area contributed by atoms with Gasteiger partial charge in [-0.1, -0.05) is 26.3 Å². The molecule has 0 aliphatic heterocycles. The van der Waals surface area contributed by atoms with Crippen LogP contribution in [0, 0.1) is 0 Å². The molecule has 0 atom stereocenters. The molecular formula is C26H36N4O5. The van der Waals surface area contributed by atoms with E-state index < -0.39 is 5.56 Å². The third kappa shape index (κ3) is 6.94. The molecule has 9 nitrogen and oxygen atoms in total. The molecule has 1 heterocycles. The molecule has 1 amide bonds. The van der Waals surface area contributed by atoms with E-state index in [1.807, 2.05) is 6.92 Å². The lowest BCUT2D eigenvalue weighted by Crippen LogP contribution is -2.25. The molecule has 0 aliphatic rings. The summed E-state index contributed by atoms with van der Waals surface area (Å²) in [4.78, 5) is 27.9. The Hall–Kier alpha value is -3.62. The van der Waals surface area contributed by atoms with Gasteiger partial charge in [0.2, 0.25) is 5.91 Å². The van der Waals surface area contributed by atoms with Crippen LogP contribution in [0.2, 0.25) is 0 Å². The van der Waals surface area contributed by atoms with Gasteiger partial charge in [0.05, 0.1) is 37.5 Å². The van der Waals surface area contributed by atoms with Gasteiger partial charge in [-0.25, -0.2) is 0 Å². The summed E-state index contributed by atoms with van der Waals surface area (Å²) in [6, 6.07) is 5.32. The summed E-state index contributed by atoms with van der Waals surface area (Å²) in [6.07, 6.45) is 3.22. The van der Waals surface area contributed by atoms with Crippen molar-refractivity contribution in [2.24, 2.45) is 10.2 Å². The smallest absolute Gasteiger partial charge is 0.261 e. The highest BCUT2D eigenvalue weighted by Crippen LogP contribution is 2.44. The van der Waals surface area contributed by atoms with Crippen LogP contribution >= 0.6 is 0 Å². The predicted molar refractivity (Wildman–Crippen MR) is 139 cm³/mol. The van der Waals surface area contributed by atoms with Gasteiger partial charge in [0.1, 0.15) is 22.8 Å². The van der Waals surface area contributed by atoms with Crippen molar-refractivity contribution in [3.63, 3.8) is 0 Å². The summed E-state index contributed by atoms with van der Waals surface area (Å²) in [5, 5.41) is 22.4. The van der Waals surface area contributed by atoms with E-state index in [1.54, 1.807) is 32.0 Å². The molecule has 9 heteroatoms. The molecule has 35 heavy (non-hydrogen) atoms. The van der Waals surface area contributed by atoms with Crippen LogP contribution in [0.15, 0.2) is 33.2 Å². The van der Waals surface area contributed by atoms with Crippen molar-refractivity contribution >= 4 is 17.3 Å². The monoisotopic (exact) mass is 484 g/mol. The van der Waals surface area contributed by atoms with Crippen LogP contribution in [-0.2, 0) is 11.2 Å². The van der Waals surface area contributed by atoms with Crippen molar-refractivity contribution in [3.05, 3.63) is 39.8 Å². The standard InChI is InChI=1S/C26H36N4O5/c1-7-9-11-18-23(24-19(34-5)12-10-13-20(24)35-6)25(32)22(26(33)28-18)17(4)30-29-16(3)15-21(31)27-14-8-2/h10,12-13H,7-9,11,14-15H2,1-6H3,(H,27,31)(H2,28,32,33)/b29-16+,30-17+. The molecule has 2 rings (SSSR count). The van der Waals surface area contributed by atoms with Crippen LogP contribution < -0.4 is 20.3 Å². The Kier molecular flexibility index (Phi) is 10.5. The van der Waals surface area contributed by atoms with E-state index in [0.29, 0.717) is 47.0 Å². The lowest BCUT2D eigenvalue weighted by Gasteiger charge is -2.19. The zero-order valence-corrected chi connectivity index (χ0v) is 21.4. The van der Waals surface area contributed by atoms with E-state index in [4.69, 9.17) is 9.47 Å². The van der Waals surface area contributed by atoms with Crippen molar-refractivity contribution in [1.82, 2.24) is 10.3 Å². The first kappa shape index (κ1) is 27.6. The second kappa shape index (κ2) is 13.3. The van der Waals surface area contributed by atoms with Crippen LogP contribution in [0.4, 0.5) is 0 Å². The third-order valence-corrected chi connectivity index (χ3v) is 5.45. The SMILES string of the molecule is CCCCc1[nH]c(=O)c(/C(C)=N/N=C(\C)CC(=O)NCCC)c(O)c1-c1c(OC)cccc1OC. The lowest BCUT2D eigenvalue weighted by atomic mass is 9.95. The van der Waals surface area contributed by atoms with Crippen molar-refractivity contribution in [2.45, 2.75) is 59.8 Å². The number of methoxy groups -OCH3 is 2. The lowest BCUT2D eigenvalue weighted by molar-refractivity contribution is -0.119. The topological polar surface area (TPSA) is 125 Å².